The topological polar surface area (TPSA) is 61.8 Å². The van der Waals surface area contributed by atoms with Gasteiger partial charge in [-0.1, -0.05) is 24.3 Å². The summed E-state index contributed by atoms with van der Waals surface area (Å²) in [4.78, 5) is 2.20. The number of hydrogen-bond donors (Lipinski definition) is 2. The number of nitrogens with one attached hydrogen (secondary N) is 1. The maximum absolute atomic E-state index is 10.9. The summed E-state index contributed by atoms with van der Waals surface area (Å²) in [6, 6.07) is 7.79. The third-order valence-electron chi connectivity index (χ3n) is 3.17. The Hall–Kier alpha value is -1.37. The largest absolute Gasteiger partial charge is 0.385 e. The predicted molar refractivity (Wildman–Crippen MR) is 79.1 cm³/mol. The van der Waals surface area contributed by atoms with Crippen LogP contribution in [0.25, 0.3) is 0 Å². The van der Waals surface area contributed by atoms with Crippen LogP contribution in [-0.2, 0) is 21.6 Å². The first kappa shape index (κ1) is 15.0. The van der Waals surface area contributed by atoms with Crippen molar-refractivity contribution >= 4 is 11.1 Å². The van der Waals surface area contributed by atoms with Gasteiger partial charge in [-0.05, 0) is 17.5 Å². The number of benzene rings is 1. The molecule has 2 atom stereocenters. The van der Waals surface area contributed by atoms with Crippen molar-refractivity contribution in [1.82, 2.24) is 10.2 Å². The number of rotatable bonds is 7. The number of ether oxygens (including phenoxy) is 1. The van der Waals surface area contributed by atoms with E-state index in [-0.39, 0.29) is 11.9 Å². The van der Waals surface area contributed by atoms with Crippen LogP contribution in [0.15, 0.2) is 36.7 Å². The van der Waals surface area contributed by atoms with Gasteiger partial charge in [-0.2, -0.15) is 0 Å². The molecule has 1 aliphatic heterocycles. The molecule has 110 valence electrons. The molecule has 0 aromatic heterocycles. The summed E-state index contributed by atoms with van der Waals surface area (Å²) < 4.78 is 24.9. The highest BCUT2D eigenvalue weighted by Crippen LogP contribution is 2.23. The third-order valence-corrected chi connectivity index (χ3v) is 3.75. The number of hydrogen-bond acceptors (Lipinski definition) is 4. The Kier molecular flexibility index (Phi) is 5.58. The molecular formula is C14H20N2O3S. The van der Waals surface area contributed by atoms with Crippen LogP contribution < -0.4 is 5.32 Å². The van der Waals surface area contributed by atoms with E-state index in [9.17, 15) is 4.21 Å². The number of nitrogens with zero attached hydrogens (tertiary/aromatic N) is 1. The fraction of sp³-hybridized carbons (Fsp3) is 0.429. The first-order valence-electron chi connectivity index (χ1n) is 6.54. The lowest BCUT2D eigenvalue weighted by molar-refractivity contribution is 0.174. The minimum atomic E-state index is -1.81. The van der Waals surface area contributed by atoms with Crippen molar-refractivity contribution in [2.75, 3.05) is 20.3 Å². The molecule has 6 heteroatoms. The van der Waals surface area contributed by atoms with Crippen LogP contribution >= 0.6 is 0 Å². The van der Waals surface area contributed by atoms with Gasteiger partial charge in [0, 0.05) is 32.7 Å². The van der Waals surface area contributed by atoms with Gasteiger partial charge in [-0.3, -0.25) is 0 Å². The Morgan fingerprint density at radius 3 is 3.10 bits per heavy atom. The molecule has 0 saturated heterocycles. The second-order valence-corrected chi connectivity index (χ2v) is 5.61. The van der Waals surface area contributed by atoms with E-state index in [0.29, 0.717) is 0 Å². The predicted octanol–water partition coefficient (Wildman–Crippen LogP) is 1.82. The van der Waals surface area contributed by atoms with Crippen molar-refractivity contribution < 1.29 is 13.5 Å². The molecule has 2 N–H and O–H groups in total. The average molecular weight is 296 g/mol. The second-order valence-electron chi connectivity index (χ2n) is 4.68. The van der Waals surface area contributed by atoms with Gasteiger partial charge in [0.25, 0.3) is 0 Å². The summed E-state index contributed by atoms with van der Waals surface area (Å²) >= 11 is -1.81. The minimum absolute atomic E-state index is 0.0823. The van der Waals surface area contributed by atoms with E-state index in [1.165, 1.54) is 0 Å². The molecule has 0 spiro atoms. The molecule has 0 fully saturated rings. The van der Waals surface area contributed by atoms with Crippen LogP contribution in [0, 0.1) is 0 Å². The Bertz CT molecular complexity index is 493. The van der Waals surface area contributed by atoms with Crippen molar-refractivity contribution in [2.24, 2.45) is 0 Å². The van der Waals surface area contributed by atoms with Crippen LogP contribution in [0.3, 0.4) is 0 Å². The standard InChI is InChI=1S/C14H20N2O3S/c1-19-9-3-7-16-8-6-15-14(16)13-5-2-4-12(10-13)11-20(17)18/h2,4-6,8,10,14-15H,3,7,9,11H2,1H3,(H,17,18). The van der Waals surface area contributed by atoms with E-state index >= 15 is 0 Å². The van der Waals surface area contributed by atoms with Gasteiger partial charge in [-0.15, -0.1) is 0 Å². The van der Waals surface area contributed by atoms with Gasteiger partial charge < -0.3 is 19.5 Å². The molecule has 0 radical (unpaired) electrons. The first-order chi connectivity index (χ1) is 9.70. The SMILES string of the molecule is COCCCN1C=CNC1c1cccc(CS(=O)O)c1. The van der Waals surface area contributed by atoms with Crippen molar-refractivity contribution in [1.29, 1.82) is 0 Å². The molecule has 1 aromatic rings. The Morgan fingerprint density at radius 1 is 1.50 bits per heavy atom. The molecule has 1 heterocycles. The Morgan fingerprint density at radius 2 is 2.35 bits per heavy atom. The molecule has 2 rings (SSSR count). The summed E-state index contributed by atoms with van der Waals surface area (Å²) in [5.41, 5.74) is 1.96. The van der Waals surface area contributed by atoms with Gasteiger partial charge in [0.2, 0.25) is 0 Å². The van der Waals surface area contributed by atoms with E-state index in [4.69, 9.17) is 9.29 Å². The zero-order chi connectivity index (χ0) is 14.4. The molecule has 1 aliphatic rings. The zero-order valence-corrected chi connectivity index (χ0v) is 12.3. The van der Waals surface area contributed by atoms with Crippen LogP contribution in [0.4, 0.5) is 0 Å². The fourth-order valence-electron chi connectivity index (χ4n) is 2.29. The van der Waals surface area contributed by atoms with Crippen molar-refractivity contribution in [3.05, 3.63) is 47.8 Å². The Labute approximate surface area is 121 Å². The highest BCUT2D eigenvalue weighted by molar-refractivity contribution is 7.78. The lowest BCUT2D eigenvalue weighted by atomic mass is 10.1. The highest BCUT2D eigenvalue weighted by atomic mass is 32.2. The smallest absolute Gasteiger partial charge is 0.157 e. The first-order valence-corrected chi connectivity index (χ1v) is 7.82. The molecule has 0 aliphatic carbocycles. The molecule has 2 unspecified atom stereocenters. The summed E-state index contributed by atoms with van der Waals surface area (Å²) in [5, 5.41) is 3.30. The van der Waals surface area contributed by atoms with Crippen molar-refractivity contribution in [3.8, 4) is 0 Å². The minimum Gasteiger partial charge on any atom is -0.385 e. The lowest BCUT2D eigenvalue weighted by Crippen LogP contribution is -2.28. The maximum atomic E-state index is 10.9. The third kappa shape index (κ3) is 4.06. The molecule has 5 nitrogen and oxygen atoms in total. The summed E-state index contributed by atoms with van der Waals surface area (Å²) in [6.07, 6.45) is 4.99. The fourth-order valence-corrected chi connectivity index (χ4v) is 2.75. The second kappa shape index (κ2) is 7.42. The monoisotopic (exact) mass is 296 g/mol. The van der Waals surface area contributed by atoms with E-state index in [2.05, 4.69) is 10.2 Å². The molecular weight excluding hydrogens is 276 g/mol. The Balaban J connectivity index is 2.04. The normalized spacial score (nSPS) is 19.1. The van der Waals surface area contributed by atoms with Gasteiger partial charge in [0.1, 0.15) is 6.17 Å². The summed E-state index contributed by atoms with van der Waals surface area (Å²) in [7, 11) is 1.70. The summed E-state index contributed by atoms with van der Waals surface area (Å²) in [6.45, 7) is 1.64. The van der Waals surface area contributed by atoms with Crippen LogP contribution in [0.2, 0.25) is 0 Å². The van der Waals surface area contributed by atoms with Gasteiger partial charge >= 0.3 is 0 Å². The van der Waals surface area contributed by atoms with E-state index in [1.807, 2.05) is 36.7 Å². The van der Waals surface area contributed by atoms with Crippen LogP contribution in [0.5, 0.6) is 0 Å². The van der Waals surface area contributed by atoms with Crippen molar-refractivity contribution in [3.63, 3.8) is 0 Å². The molecule has 0 amide bonds. The highest BCUT2D eigenvalue weighted by Gasteiger charge is 2.20. The van der Waals surface area contributed by atoms with Crippen molar-refractivity contribution in [2.45, 2.75) is 18.3 Å². The molecule has 0 bridgehead atoms. The summed E-state index contributed by atoms with van der Waals surface area (Å²) in [5.74, 6) is 0.164. The molecule has 1 aromatic carbocycles. The lowest BCUT2D eigenvalue weighted by Gasteiger charge is -2.26. The van der Waals surface area contributed by atoms with E-state index in [1.54, 1.807) is 7.11 Å². The van der Waals surface area contributed by atoms with E-state index < -0.39 is 11.1 Å². The molecule has 0 saturated carbocycles. The average Bonchev–Trinajstić information content (AvgIpc) is 2.87. The van der Waals surface area contributed by atoms with Crippen LogP contribution in [-0.4, -0.2) is 33.9 Å². The zero-order valence-electron chi connectivity index (χ0n) is 11.5. The van der Waals surface area contributed by atoms with Gasteiger partial charge in [0.15, 0.2) is 11.1 Å². The van der Waals surface area contributed by atoms with E-state index in [0.717, 1.165) is 30.7 Å². The van der Waals surface area contributed by atoms with Gasteiger partial charge in [-0.25, -0.2) is 4.21 Å². The number of methoxy groups -OCH3 is 1. The maximum Gasteiger partial charge on any atom is 0.157 e. The quantitative estimate of drug-likeness (QED) is 0.593. The van der Waals surface area contributed by atoms with Crippen LogP contribution in [0.1, 0.15) is 23.7 Å². The molecule has 20 heavy (non-hydrogen) atoms. The van der Waals surface area contributed by atoms with Gasteiger partial charge in [0.05, 0.1) is 5.75 Å².